The normalized spacial score (nSPS) is 15.0. The van der Waals surface area contributed by atoms with E-state index in [1.54, 1.807) is 4.68 Å². The second-order valence-electron chi connectivity index (χ2n) is 5.60. The van der Waals surface area contributed by atoms with E-state index in [-0.39, 0.29) is 18.5 Å². The average molecular weight is 288 g/mol. The van der Waals surface area contributed by atoms with Crippen LogP contribution in [0.4, 0.5) is 0 Å². The standard InChI is InChI=1S/C14H20N6O/c1-9-7-10(2)20(18-9)8-13(21)15-11(3)14-17-16-12-5-4-6-19(12)14/h7,11H,4-6,8H2,1-3H3,(H,15,21). The molecule has 7 heteroatoms. The Morgan fingerprint density at radius 3 is 2.95 bits per heavy atom. The summed E-state index contributed by atoms with van der Waals surface area (Å²) in [5.41, 5.74) is 1.90. The van der Waals surface area contributed by atoms with Gasteiger partial charge in [-0.3, -0.25) is 9.48 Å². The van der Waals surface area contributed by atoms with Crippen molar-refractivity contribution >= 4 is 5.91 Å². The summed E-state index contributed by atoms with van der Waals surface area (Å²) in [6.45, 7) is 6.97. The average Bonchev–Trinajstić information content (AvgIpc) is 3.05. The Morgan fingerprint density at radius 2 is 2.24 bits per heavy atom. The fourth-order valence-electron chi connectivity index (χ4n) is 2.82. The lowest BCUT2D eigenvalue weighted by molar-refractivity contribution is -0.122. The van der Waals surface area contributed by atoms with Crippen LogP contribution in [0.25, 0.3) is 0 Å². The molecule has 1 aliphatic heterocycles. The molecule has 0 fully saturated rings. The Morgan fingerprint density at radius 1 is 1.43 bits per heavy atom. The molecule has 0 aromatic carbocycles. The van der Waals surface area contributed by atoms with Gasteiger partial charge in [-0.15, -0.1) is 10.2 Å². The molecule has 0 radical (unpaired) electrons. The number of carbonyl (C=O) groups is 1. The molecule has 112 valence electrons. The molecule has 1 unspecified atom stereocenters. The number of aryl methyl sites for hydroxylation is 3. The Hall–Kier alpha value is -2.18. The Kier molecular flexibility index (Phi) is 3.48. The smallest absolute Gasteiger partial charge is 0.242 e. The lowest BCUT2D eigenvalue weighted by Gasteiger charge is -2.14. The quantitative estimate of drug-likeness (QED) is 0.907. The molecule has 0 spiro atoms. The molecule has 7 nitrogen and oxygen atoms in total. The highest BCUT2D eigenvalue weighted by Gasteiger charge is 2.22. The van der Waals surface area contributed by atoms with E-state index in [0.29, 0.717) is 0 Å². The molecule has 1 N–H and O–H groups in total. The van der Waals surface area contributed by atoms with Crippen molar-refractivity contribution in [1.82, 2.24) is 29.9 Å². The molecule has 0 saturated heterocycles. The van der Waals surface area contributed by atoms with Gasteiger partial charge in [0.05, 0.1) is 11.7 Å². The molecule has 21 heavy (non-hydrogen) atoms. The minimum Gasteiger partial charge on any atom is -0.345 e. The van der Waals surface area contributed by atoms with Crippen molar-refractivity contribution in [2.75, 3.05) is 0 Å². The highest BCUT2D eigenvalue weighted by Crippen LogP contribution is 2.18. The first-order valence-corrected chi connectivity index (χ1v) is 7.27. The van der Waals surface area contributed by atoms with E-state index in [2.05, 4.69) is 25.2 Å². The monoisotopic (exact) mass is 288 g/mol. The van der Waals surface area contributed by atoms with Crippen molar-refractivity contribution in [1.29, 1.82) is 0 Å². The minimum absolute atomic E-state index is 0.0657. The number of nitrogens with zero attached hydrogens (tertiary/aromatic N) is 5. The van der Waals surface area contributed by atoms with E-state index in [9.17, 15) is 4.79 Å². The Balaban J connectivity index is 1.65. The molecular weight excluding hydrogens is 268 g/mol. The third-order valence-electron chi connectivity index (χ3n) is 3.80. The fourth-order valence-corrected chi connectivity index (χ4v) is 2.82. The lowest BCUT2D eigenvalue weighted by atomic mass is 10.3. The Bertz CT molecular complexity index is 671. The zero-order valence-electron chi connectivity index (χ0n) is 12.6. The van der Waals surface area contributed by atoms with E-state index in [4.69, 9.17) is 0 Å². The number of nitrogens with one attached hydrogen (secondary N) is 1. The van der Waals surface area contributed by atoms with Gasteiger partial charge in [-0.05, 0) is 33.3 Å². The molecule has 0 bridgehead atoms. The summed E-state index contributed by atoms with van der Waals surface area (Å²) in [6, 6.07) is 1.82. The van der Waals surface area contributed by atoms with Gasteiger partial charge in [0.2, 0.25) is 5.91 Å². The summed E-state index contributed by atoms with van der Waals surface area (Å²) in [5.74, 6) is 1.79. The number of hydrogen-bond donors (Lipinski definition) is 1. The first-order valence-electron chi connectivity index (χ1n) is 7.27. The molecule has 2 aromatic heterocycles. The van der Waals surface area contributed by atoms with Gasteiger partial charge in [0.15, 0.2) is 5.82 Å². The van der Waals surface area contributed by atoms with Gasteiger partial charge in [0.25, 0.3) is 0 Å². The van der Waals surface area contributed by atoms with Crippen LogP contribution in [-0.4, -0.2) is 30.5 Å². The van der Waals surface area contributed by atoms with Crippen LogP contribution in [0, 0.1) is 13.8 Å². The van der Waals surface area contributed by atoms with Crippen molar-refractivity contribution in [3.05, 3.63) is 29.1 Å². The summed E-state index contributed by atoms with van der Waals surface area (Å²) < 4.78 is 3.82. The summed E-state index contributed by atoms with van der Waals surface area (Å²) in [5, 5.41) is 15.6. The highest BCUT2D eigenvalue weighted by molar-refractivity contribution is 5.76. The van der Waals surface area contributed by atoms with Crippen LogP contribution in [0.3, 0.4) is 0 Å². The number of carbonyl (C=O) groups excluding carboxylic acids is 1. The fraction of sp³-hybridized carbons (Fsp3) is 0.571. The van der Waals surface area contributed by atoms with Crippen molar-refractivity contribution in [2.45, 2.75) is 52.7 Å². The van der Waals surface area contributed by atoms with Gasteiger partial charge in [-0.25, -0.2) is 0 Å². The minimum atomic E-state index is -0.145. The SMILES string of the molecule is Cc1cc(C)n(CC(=O)NC(C)c2nnc3n2CCC3)n1. The predicted octanol–water partition coefficient (Wildman–Crippen LogP) is 0.915. The van der Waals surface area contributed by atoms with Gasteiger partial charge < -0.3 is 9.88 Å². The van der Waals surface area contributed by atoms with E-state index in [1.165, 1.54) is 0 Å². The van der Waals surface area contributed by atoms with Gasteiger partial charge in [0, 0.05) is 18.7 Å². The van der Waals surface area contributed by atoms with Gasteiger partial charge in [0.1, 0.15) is 12.4 Å². The number of rotatable bonds is 4. The highest BCUT2D eigenvalue weighted by atomic mass is 16.2. The third kappa shape index (κ3) is 2.68. The topological polar surface area (TPSA) is 77.6 Å². The van der Waals surface area contributed by atoms with Crippen molar-refractivity contribution in [3.8, 4) is 0 Å². The molecular formula is C14H20N6O. The third-order valence-corrected chi connectivity index (χ3v) is 3.80. The summed E-state index contributed by atoms with van der Waals surface area (Å²) >= 11 is 0. The molecule has 3 rings (SSSR count). The van der Waals surface area contributed by atoms with Crippen LogP contribution in [-0.2, 0) is 24.3 Å². The van der Waals surface area contributed by atoms with Crippen molar-refractivity contribution < 1.29 is 4.79 Å². The molecule has 1 amide bonds. The van der Waals surface area contributed by atoms with Crippen LogP contribution < -0.4 is 5.32 Å². The first-order chi connectivity index (χ1) is 10.0. The predicted molar refractivity (Wildman–Crippen MR) is 76.6 cm³/mol. The maximum absolute atomic E-state index is 12.2. The van der Waals surface area contributed by atoms with E-state index >= 15 is 0 Å². The number of hydrogen-bond acceptors (Lipinski definition) is 4. The summed E-state index contributed by atoms with van der Waals surface area (Å²) in [7, 11) is 0. The molecule has 0 aliphatic carbocycles. The number of aromatic nitrogens is 5. The molecule has 1 aliphatic rings. The van der Waals surface area contributed by atoms with Crippen molar-refractivity contribution in [2.24, 2.45) is 0 Å². The lowest BCUT2D eigenvalue weighted by Crippen LogP contribution is -2.32. The maximum atomic E-state index is 12.2. The van der Waals surface area contributed by atoms with Gasteiger partial charge in [-0.1, -0.05) is 0 Å². The van der Waals surface area contributed by atoms with Gasteiger partial charge >= 0.3 is 0 Å². The van der Waals surface area contributed by atoms with Crippen molar-refractivity contribution in [3.63, 3.8) is 0 Å². The van der Waals surface area contributed by atoms with E-state index in [1.807, 2.05) is 26.8 Å². The first kappa shape index (κ1) is 13.8. The van der Waals surface area contributed by atoms with Crippen LogP contribution in [0.5, 0.6) is 0 Å². The van der Waals surface area contributed by atoms with E-state index < -0.39 is 0 Å². The van der Waals surface area contributed by atoms with Crippen LogP contribution in [0.15, 0.2) is 6.07 Å². The second-order valence-corrected chi connectivity index (χ2v) is 5.60. The maximum Gasteiger partial charge on any atom is 0.242 e. The zero-order valence-corrected chi connectivity index (χ0v) is 12.6. The van der Waals surface area contributed by atoms with Crippen LogP contribution >= 0.6 is 0 Å². The van der Waals surface area contributed by atoms with Gasteiger partial charge in [-0.2, -0.15) is 5.10 Å². The Labute approximate surface area is 123 Å². The van der Waals surface area contributed by atoms with Crippen LogP contribution in [0.2, 0.25) is 0 Å². The van der Waals surface area contributed by atoms with Crippen LogP contribution in [0.1, 0.15) is 42.4 Å². The molecule has 3 heterocycles. The molecule has 0 saturated carbocycles. The summed E-state index contributed by atoms with van der Waals surface area (Å²) in [4.78, 5) is 12.2. The number of amides is 1. The molecule has 2 aromatic rings. The second kappa shape index (κ2) is 5.31. The van der Waals surface area contributed by atoms with E-state index in [0.717, 1.165) is 42.4 Å². The number of fused-ring (bicyclic) bond motifs is 1. The zero-order chi connectivity index (χ0) is 15.0. The summed E-state index contributed by atoms with van der Waals surface area (Å²) in [6.07, 6.45) is 2.07. The largest absolute Gasteiger partial charge is 0.345 e. The molecule has 1 atom stereocenters.